The van der Waals surface area contributed by atoms with Gasteiger partial charge in [0.2, 0.25) is 0 Å². The van der Waals surface area contributed by atoms with Gasteiger partial charge in [-0.25, -0.2) is 9.48 Å². The summed E-state index contributed by atoms with van der Waals surface area (Å²) in [7, 11) is 0. The molecule has 1 N–H and O–H groups in total. The molecule has 0 saturated heterocycles. The summed E-state index contributed by atoms with van der Waals surface area (Å²) in [4.78, 5) is 24.7. The van der Waals surface area contributed by atoms with E-state index in [1.807, 2.05) is 30.3 Å². The summed E-state index contributed by atoms with van der Waals surface area (Å²) in [6.07, 6.45) is 3.37. The largest absolute Gasteiger partial charge is 0.448 e. The number of esters is 1. The number of nitrogens with zero attached hydrogens (tertiary/aromatic N) is 2. The summed E-state index contributed by atoms with van der Waals surface area (Å²) >= 11 is 0. The number of carbonyl (C=O) groups is 2. The molecule has 2 fully saturated rings. The van der Waals surface area contributed by atoms with Crippen molar-refractivity contribution in [1.82, 2.24) is 15.1 Å². The molecule has 6 heteroatoms. The number of benzene rings is 1. The third kappa shape index (κ3) is 3.57. The lowest BCUT2D eigenvalue weighted by Crippen LogP contribution is -2.37. The Morgan fingerprint density at radius 3 is 2.56 bits per heavy atom. The number of hydrogen-bond donors (Lipinski definition) is 1. The number of nitrogens with one attached hydrogen (secondary N) is 1. The van der Waals surface area contributed by atoms with E-state index < -0.39 is 12.1 Å². The van der Waals surface area contributed by atoms with E-state index in [1.165, 1.54) is 0 Å². The highest BCUT2D eigenvalue weighted by Gasteiger charge is 2.31. The van der Waals surface area contributed by atoms with Gasteiger partial charge in [0, 0.05) is 12.0 Å². The van der Waals surface area contributed by atoms with Gasteiger partial charge in [-0.15, -0.1) is 0 Å². The summed E-state index contributed by atoms with van der Waals surface area (Å²) in [5.41, 5.74) is 2.07. The number of aromatic nitrogens is 2. The Hall–Kier alpha value is -2.63. The third-order valence-corrected chi connectivity index (χ3v) is 4.51. The first kappa shape index (κ1) is 15.9. The van der Waals surface area contributed by atoms with Crippen LogP contribution in [0.25, 0.3) is 5.69 Å². The van der Waals surface area contributed by atoms with Crippen molar-refractivity contribution in [3.05, 3.63) is 47.8 Å². The molecule has 1 aromatic heterocycles. The van der Waals surface area contributed by atoms with Crippen molar-refractivity contribution in [2.24, 2.45) is 0 Å². The van der Waals surface area contributed by atoms with Gasteiger partial charge in [-0.2, -0.15) is 5.10 Å². The first-order chi connectivity index (χ1) is 12.1. The lowest BCUT2D eigenvalue weighted by atomic mass is 10.2. The van der Waals surface area contributed by atoms with Crippen LogP contribution in [0.1, 0.15) is 54.7 Å². The molecular weight excluding hydrogens is 318 g/mol. The average Bonchev–Trinajstić information content (AvgIpc) is 3.55. The van der Waals surface area contributed by atoms with Gasteiger partial charge in [-0.3, -0.25) is 4.79 Å². The van der Waals surface area contributed by atoms with Crippen LogP contribution in [0.2, 0.25) is 0 Å². The minimum Gasteiger partial charge on any atom is -0.448 e. The van der Waals surface area contributed by atoms with E-state index in [2.05, 4.69) is 10.4 Å². The highest BCUT2D eigenvalue weighted by molar-refractivity contribution is 5.91. The van der Waals surface area contributed by atoms with E-state index >= 15 is 0 Å². The smallest absolute Gasteiger partial charge is 0.357 e. The monoisotopic (exact) mass is 339 g/mol. The van der Waals surface area contributed by atoms with E-state index in [1.54, 1.807) is 17.7 Å². The standard InChI is InChI=1S/C19H21N3O3/c1-12(18(23)20-14-9-10-14)25-19(24)17-11-16(13-7-8-13)21-22(17)15-5-3-2-4-6-15/h2-6,11-14H,7-10H2,1H3,(H,20,23)/t12-/m1/s1. The van der Waals surface area contributed by atoms with Crippen LogP contribution < -0.4 is 5.32 Å². The highest BCUT2D eigenvalue weighted by Crippen LogP contribution is 2.39. The molecule has 0 aliphatic heterocycles. The SMILES string of the molecule is C[C@@H](OC(=O)c1cc(C2CC2)nn1-c1ccccc1)C(=O)NC1CC1. The molecule has 1 amide bonds. The second kappa shape index (κ2) is 6.35. The zero-order valence-corrected chi connectivity index (χ0v) is 14.1. The van der Waals surface area contributed by atoms with E-state index in [9.17, 15) is 9.59 Å². The van der Waals surface area contributed by atoms with Crippen molar-refractivity contribution < 1.29 is 14.3 Å². The van der Waals surface area contributed by atoms with E-state index in [0.29, 0.717) is 11.6 Å². The van der Waals surface area contributed by atoms with Crippen LogP contribution in [-0.2, 0) is 9.53 Å². The summed E-state index contributed by atoms with van der Waals surface area (Å²) in [6, 6.07) is 11.5. The average molecular weight is 339 g/mol. The Morgan fingerprint density at radius 1 is 1.20 bits per heavy atom. The second-order valence-electron chi connectivity index (χ2n) is 6.81. The summed E-state index contributed by atoms with van der Waals surface area (Å²) < 4.78 is 7.00. The molecular formula is C19H21N3O3. The fourth-order valence-corrected chi connectivity index (χ4v) is 2.71. The summed E-state index contributed by atoms with van der Waals surface area (Å²) in [6.45, 7) is 1.60. The van der Waals surface area contributed by atoms with Gasteiger partial charge >= 0.3 is 5.97 Å². The van der Waals surface area contributed by atoms with Gasteiger partial charge in [-0.1, -0.05) is 18.2 Å². The van der Waals surface area contributed by atoms with Crippen molar-refractivity contribution in [3.63, 3.8) is 0 Å². The number of ether oxygens (including phenoxy) is 1. The van der Waals surface area contributed by atoms with Crippen LogP contribution >= 0.6 is 0 Å². The first-order valence-electron chi connectivity index (χ1n) is 8.78. The normalized spacial score (nSPS) is 17.8. The van der Waals surface area contributed by atoms with Crippen LogP contribution in [0.4, 0.5) is 0 Å². The Balaban J connectivity index is 1.55. The van der Waals surface area contributed by atoms with Crippen molar-refractivity contribution in [2.45, 2.75) is 50.7 Å². The van der Waals surface area contributed by atoms with Crippen molar-refractivity contribution >= 4 is 11.9 Å². The first-order valence-corrected chi connectivity index (χ1v) is 8.78. The molecule has 0 radical (unpaired) electrons. The van der Waals surface area contributed by atoms with Crippen molar-refractivity contribution in [3.8, 4) is 5.69 Å². The molecule has 25 heavy (non-hydrogen) atoms. The Labute approximate surface area is 146 Å². The van der Waals surface area contributed by atoms with Crippen LogP contribution in [-0.4, -0.2) is 33.8 Å². The lowest BCUT2D eigenvalue weighted by molar-refractivity contribution is -0.129. The molecule has 0 bridgehead atoms. The maximum absolute atomic E-state index is 12.6. The van der Waals surface area contributed by atoms with Crippen LogP contribution in [0, 0.1) is 0 Å². The van der Waals surface area contributed by atoms with Gasteiger partial charge in [0.15, 0.2) is 11.8 Å². The van der Waals surface area contributed by atoms with Gasteiger partial charge in [0.25, 0.3) is 5.91 Å². The minimum absolute atomic E-state index is 0.241. The van der Waals surface area contributed by atoms with Crippen molar-refractivity contribution in [2.75, 3.05) is 0 Å². The van der Waals surface area contributed by atoms with Crippen LogP contribution in [0.15, 0.2) is 36.4 Å². The molecule has 130 valence electrons. The Kier molecular flexibility index (Phi) is 4.03. The molecule has 1 atom stereocenters. The number of rotatable bonds is 6. The Bertz CT molecular complexity index is 792. The lowest BCUT2D eigenvalue weighted by Gasteiger charge is -2.13. The van der Waals surface area contributed by atoms with Crippen LogP contribution in [0.3, 0.4) is 0 Å². The molecule has 0 spiro atoms. The van der Waals surface area contributed by atoms with E-state index in [-0.39, 0.29) is 11.9 Å². The minimum atomic E-state index is -0.823. The molecule has 2 saturated carbocycles. The van der Waals surface area contributed by atoms with Gasteiger partial charge < -0.3 is 10.1 Å². The number of carbonyl (C=O) groups excluding carboxylic acids is 2. The van der Waals surface area contributed by atoms with Crippen molar-refractivity contribution in [1.29, 1.82) is 0 Å². The molecule has 4 rings (SSSR count). The molecule has 2 aliphatic carbocycles. The quantitative estimate of drug-likeness (QED) is 0.821. The fourth-order valence-electron chi connectivity index (χ4n) is 2.71. The van der Waals surface area contributed by atoms with Crippen LogP contribution in [0.5, 0.6) is 0 Å². The van der Waals surface area contributed by atoms with Gasteiger partial charge in [-0.05, 0) is 50.8 Å². The number of para-hydroxylation sites is 1. The van der Waals surface area contributed by atoms with E-state index in [0.717, 1.165) is 37.1 Å². The maximum atomic E-state index is 12.6. The maximum Gasteiger partial charge on any atom is 0.357 e. The van der Waals surface area contributed by atoms with Gasteiger partial charge in [0.1, 0.15) is 0 Å². The Morgan fingerprint density at radius 2 is 1.92 bits per heavy atom. The zero-order chi connectivity index (χ0) is 17.4. The number of hydrogen-bond acceptors (Lipinski definition) is 4. The molecule has 1 heterocycles. The van der Waals surface area contributed by atoms with E-state index in [4.69, 9.17) is 4.74 Å². The molecule has 2 aromatic rings. The predicted octanol–water partition coefficient (Wildman–Crippen LogP) is 2.57. The molecule has 1 aromatic carbocycles. The predicted molar refractivity (Wildman–Crippen MR) is 91.6 cm³/mol. The summed E-state index contributed by atoms with van der Waals surface area (Å²) in [5.74, 6) is -0.349. The molecule has 0 unspecified atom stereocenters. The van der Waals surface area contributed by atoms with Gasteiger partial charge in [0.05, 0.1) is 11.4 Å². The fraction of sp³-hybridized carbons (Fsp3) is 0.421. The topological polar surface area (TPSA) is 73.2 Å². The third-order valence-electron chi connectivity index (χ3n) is 4.51. The molecule has 2 aliphatic rings. The number of amides is 1. The highest BCUT2D eigenvalue weighted by atomic mass is 16.5. The summed E-state index contributed by atoms with van der Waals surface area (Å²) in [5, 5.41) is 7.44. The molecule has 6 nitrogen and oxygen atoms in total. The second-order valence-corrected chi connectivity index (χ2v) is 6.81. The zero-order valence-electron chi connectivity index (χ0n) is 14.1.